The largest absolute Gasteiger partial charge is 0.506 e. The fourth-order valence-corrected chi connectivity index (χ4v) is 3.26. The summed E-state index contributed by atoms with van der Waals surface area (Å²) in [5, 5.41) is 21.0. The molecular weight excluding hydrogens is 386 g/mol. The molecule has 0 saturated heterocycles. The van der Waals surface area contributed by atoms with Crippen molar-refractivity contribution in [2.24, 2.45) is 0 Å². The van der Waals surface area contributed by atoms with Gasteiger partial charge in [0, 0.05) is 17.6 Å². The Morgan fingerprint density at radius 2 is 1.90 bits per heavy atom. The molecule has 0 fully saturated rings. The fraction of sp³-hybridized carbons (Fsp3) is 0.0714. The lowest BCUT2D eigenvalue weighted by molar-refractivity contribution is 0.468. The average molecular weight is 397 g/mol. The zero-order valence-corrected chi connectivity index (χ0v) is 13.5. The first-order chi connectivity index (χ1) is 9.63. The van der Waals surface area contributed by atoms with Gasteiger partial charge in [0.2, 0.25) is 0 Å². The van der Waals surface area contributed by atoms with Crippen LogP contribution in [0.15, 0.2) is 45.5 Å². The van der Waals surface area contributed by atoms with E-state index in [0.717, 1.165) is 22.2 Å². The molecule has 6 heteroatoms. The maximum Gasteiger partial charge on any atom is 0.143 e. The Morgan fingerprint density at radius 1 is 1.15 bits per heavy atom. The van der Waals surface area contributed by atoms with Gasteiger partial charge in [0.15, 0.2) is 0 Å². The minimum atomic E-state index is 0.216. The van der Waals surface area contributed by atoms with E-state index in [1.807, 2.05) is 30.3 Å². The summed E-state index contributed by atoms with van der Waals surface area (Å²) in [5.41, 5.74) is 3.11. The van der Waals surface area contributed by atoms with Crippen molar-refractivity contribution in [1.82, 2.24) is 10.2 Å². The number of aromatic hydroxyl groups is 1. The Hall–Kier alpha value is -1.53. The first kappa shape index (κ1) is 13.5. The third-order valence-corrected chi connectivity index (χ3v) is 4.22. The second-order valence-corrected chi connectivity index (χ2v) is 6.14. The molecule has 0 atom stereocenters. The standard InChI is InChI=1S/C14H11Br2N3O/c15-11-3-8(4-12(16)14(11)20)6-17-10-1-2-13-9(5-10)7-18-19-13/h1-5,7,17,20H,6H2,(H,18,19). The number of phenolic OH excluding ortho intramolecular Hbond substituents is 1. The molecule has 0 aliphatic heterocycles. The smallest absolute Gasteiger partial charge is 0.143 e. The van der Waals surface area contributed by atoms with Gasteiger partial charge in [0.05, 0.1) is 20.7 Å². The summed E-state index contributed by atoms with van der Waals surface area (Å²) in [5.74, 6) is 0.216. The highest BCUT2D eigenvalue weighted by Gasteiger charge is 2.06. The Kier molecular flexibility index (Phi) is 3.67. The van der Waals surface area contributed by atoms with Crippen LogP contribution in [0.3, 0.4) is 0 Å². The zero-order valence-electron chi connectivity index (χ0n) is 10.3. The summed E-state index contributed by atoms with van der Waals surface area (Å²) in [4.78, 5) is 0. The van der Waals surface area contributed by atoms with Gasteiger partial charge in [-0.15, -0.1) is 0 Å². The van der Waals surface area contributed by atoms with Gasteiger partial charge in [-0.3, -0.25) is 5.10 Å². The van der Waals surface area contributed by atoms with Crippen LogP contribution >= 0.6 is 31.9 Å². The van der Waals surface area contributed by atoms with Crippen molar-refractivity contribution in [1.29, 1.82) is 0 Å². The number of rotatable bonds is 3. The van der Waals surface area contributed by atoms with Gasteiger partial charge in [-0.25, -0.2) is 0 Å². The highest BCUT2D eigenvalue weighted by atomic mass is 79.9. The molecule has 0 aliphatic rings. The first-order valence-corrected chi connectivity index (χ1v) is 7.56. The SMILES string of the molecule is Oc1c(Br)cc(CNc2ccc3[nH]ncc3c2)cc1Br. The minimum absolute atomic E-state index is 0.216. The van der Waals surface area contributed by atoms with E-state index in [2.05, 4.69) is 47.4 Å². The van der Waals surface area contributed by atoms with Crippen molar-refractivity contribution in [3.05, 3.63) is 51.0 Å². The second-order valence-electron chi connectivity index (χ2n) is 4.43. The first-order valence-electron chi connectivity index (χ1n) is 5.97. The van der Waals surface area contributed by atoms with E-state index in [1.54, 1.807) is 6.20 Å². The fourth-order valence-electron chi connectivity index (χ4n) is 1.98. The third kappa shape index (κ3) is 2.66. The molecule has 1 heterocycles. The van der Waals surface area contributed by atoms with Crippen LogP contribution in [-0.4, -0.2) is 15.3 Å². The number of aromatic amines is 1. The molecule has 20 heavy (non-hydrogen) atoms. The molecule has 0 radical (unpaired) electrons. The van der Waals surface area contributed by atoms with Crippen molar-refractivity contribution < 1.29 is 5.11 Å². The monoisotopic (exact) mass is 395 g/mol. The summed E-state index contributed by atoms with van der Waals surface area (Å²) in [6, 6.07) is 9.83. The lowest BCUT2D eigenvalue weighted by Gasteiger charge is -2.09. The van der Waals surface area contributed by atoms with Gasteiger partial charge in [0.1, 0.15) is 5.75 Å². The molecule has 1 aromatic heterocycles. The van der Waals surface area contributed by atoms with Crippen molar-refractivity contribution in [2.45, 2.75) is 6.54 Å². The van der Waals surface area contributed by atoms with Crippen molar-refractivity contribution >= 4 is 48.5 Å². The van der Waals surface area contributed by atoms with Crippen LogP contribution in [0, 0.1) is 0 Å². The predicted octanol–water partition coefficient (Wildman–Crippen LogP) is 4.41. The third-order valence-electron chi connectivity index (χ3n) is 3.01. The maximum atomic E-state index is 9.69. The predicted molar refractivity (Wildman–Crippen MR) is 86.9 cm³/mol. The van der Waals surface area contributed by atoms with Crippen LogP contribution in [0.4, 0.5) is 5.69 Å². The number of hydrogen-bond acceptors (Lipinski definition) is 3. The lowest BCUT2D eigenvalue weighted by atomic mass is 10.2. The molecule has 0 saturated carbocycles. The number of nitrogens with one attached hydrogen (secondary N) is 2. The van der Waals surface area contributed by atoms with Gasteiger partial charge in [-0.2, -0.15) is 5.10 Å². The average Bonchev–Trinajstić information content (AvgIpc) is 2.89. The number of halogens is 2. The number of benzene rings is 2. The highest BCUT2D eigenvalue weighted by Crippen LogP contribution is 2.33. The maximum absolute atomic E-state index is 9.69. The topological polar surface area (TPSA) is 60.9 Å². The van der Waals surface area contributed by atoms with Gasteiger partial charge < -0.3 is 10.4 Å². The van der Waals surface area contributed by atoms with Gasteiger partial charge in [-0.1, -0.05) is 0 Å². The molecule has 0 unspecified atom stereocenters. The van der Waals surface area contributed by atoms with E-state index in [9.17, 15) is 5.11 Å². The number of anilines is 1. The number of nitrogens with zero attached hydrogens (tertiary/aromatic N) is 1. The summed E-state index contributed by atoms with van der Waals surface area (Å²) in [7, 11) is 0. The number of aromatic nitrogens is 2. The Morgan fingerprint density at radius 3 is 2.65 bits per heavy atom. The summed E-state index contributed by atoms with van der Waals surface area (Å²) >= 11 is 6.66. The Balaban J connectivity index is 1.78. The second kappa shape index (κ2) is 5.46. The molecule has 3 N–H and O–H groups in total. The van der Waals surface area contributed by atoms with Crippen LogP contribution in [0.2, 0.25) is 0 Å². The van der Waals surface area contributed by atoms with Crippen molar-refractivity contribution in [3.63, 3.8) is 0 Å². The molecule has 0 amide bonds. The zero-order chi connectivity index (χ0) is 14.1. The van der Waals surface area contributed by atoms with Crippen molar-refractivity contribution in [2.75, 3.05) is 5.32 Å². The molecule has 4 nitrogen and oxygen atoms in total. The van der Waals surface area contributed by atoms with Crippen LogP contribution < -0.4 is 5.32 Å². The van der Waals surface area contributed by atoms with Crippen LogP contribution in [0.25, 0.3) is 10.9 Å². The van der Waals surface area contributed by atoms with Crippen LogP contribution in [0.5, 0.6) is 5.75 Å². The van der Waals surface area contributed by atoms with Gasteiger partial charge in [0.25, 0.3) is 0 Å². The molecule has 2 aromatic carbocycles. The summed E-state index contributed by atoms with van der Waals surface area (Å²) < 4.78 is 1.35. The van der Waals surface area contributed by atoms with E-state index >= 15 is 0 Å². The number of hydrogen-bond donors (Lipinski definition) is 3. The molecule has 3 aromatic rings. The minimum Gasteiger partial charge on any atom is -0.506 e. The van der Waals surface area contributed by atoms with E-state index in [1.165, 1.54) is 0 Å². The molecule has 0 aliphatic carbocycles. The van der Waals surface area contributed by atoms with Crippen molar-refractivity contribution in [3.8, 4) is 5.75 Å². The summed E-state index contributed by atoms with van der Waals surface area (Å²) in [6.07, 6.45) is 1.80. The molecule has 0 bridgehead atoms. The number of phenols is 1. The molecule has 102 valence electrons. The molecule has 0 spiro atoms. The normalized spacial score (nSPS) is 10.9. The lowest BCUT2D eigenvalue weighted by Crippen LogP contribution is -1.99. The number of H-pyrrole nitrogens is 1. The quantitative estimate of drug-likeness (QED) is 0.614. The van der Waals surface area contributed by atoms with Crippen LogP contribution in [-0.2, 0) is 6.54 Å². The Labute approximate surface area is 132 Å². The Bertz CT molecular complexity index is 747. The summed E-state index contributed by atoms with van der Waals surface area (Å²) in [6.45, 7) is 0.667. The highest BCUT2D eigenvalue weighted by molar-refractivity contribution is 9.11. The molecular formula is C14H11Br2N3O. The van der Waals surface area contributed by atoms with E-state index < -0.39 is 0 Å². The molecule has 3 rings (SSSR count). The van der Waals surface area contributed by atoms with E-state index in [4.69, 9.17) is 0 Å². The van der Waals surface area contributed by atoms with Crippen LogP contribution in [0.1, 0.15) is 5.56 Å². The van der Waals surface area contributed by atoms with E-state index in [-0.39, 0.29) is 5.75 Å². The number of fused-ring (bicyclic) bond motifs is 1. The van der Waals surface area contributed by atoms with E-state index in [0.29, 0.717) is 15.5 Å². The van der Waals surface area contributed by atoms with Gasteiger partial charge in [-0.05, 0) is 67.8 Å². The van der Waals surface area contributed by atoms with Gasteiger partial charge >= 0.3 is 0 Å².